The lowest BCUT2D eigenvalue weighted by molar-refractivity contribution is -0.0957. The van der Waals surface area contributed by atoms with Crippen LogP contribution in [0, 0.1) is 12.7 Å². The van der Waals surface area contributed by atoms with Crippen LogP contribution in [0.25, 0.3) is 16.8 Å². The molecule has 0 saturated carbocycles. The molecule has 186 valence electrons. The molecule has 1 aliphatic heterocycles. The molecule has 0 radical (unpaired) electrons. The maximum Gasteiger partial charge on any atom is 0.407 e. The van der Waals surface area contributed by atoms with E-state index < -0.39 is 24.1 Å². The summed E-state index contributed by atoms with van der Waals surface area (Å²) in [5, 5.41) is 19.5. The SMILES string of the molecule is Cc1nc2cc(F)c(-c3cnc(C4(O)CN(C(=O)O)C4)nc3)cn2c1Cc1ccccc1OC(F)F. The number of pyridine rings is 1. The Kier molecular flexibility index (Phi) is 5.75. The van der Waals surface area contributed by atoms with E-state index in [1.807, 2.05) is 0 Å². The molecule has 0 atom stereocenters. The van der Waals surface area contributed by atoms with Crippen molar-refractivity contribution in [2.75, 3.05) is 13.1 Å². The van der Waals surface area contributed by atoms with Gasteiger partial charge in [0.15, 0.2) is 11.4 Å². The number of carbonyl (C=O) groups is 1. The predicted octanol–water partition coefficient (Wildman–Crippen LogP) is 3.61. The Balaban J connectivity index is 1.48. The van der Waals surface area contributed by atoms with Gasteiger partial charge in [0.1, 0.15) is 17.2 Å². The van der Waals surface area contributed by atoms with Crippen molar-refractivity contribution < 1.29 is 32.9 Å². The maximum atomic E-state index is 15.0. The summed E-state index contributed by atoms with van der Waals surface area (Å²) in [5.41, 5.74) is 1.11. The topological polar surface area (TPSA) is 113 Å². The number of nitrogens with zero attached hydrogens (tertiary/aromatic N) is 5. The first-order valence-electron chi connectivity index (χ1n) is 10.9. The van der Waals surface area contributed by atoms with Crippen molar-refractivity contribution in [1.29, 1.82) is 0 Å². The molecule has 36 heavy (non-hydrogen) atoms. The number of benzene rings is 1. The van der Waals surface area contributed by atoms with Crippen LogP contribution >= 0.6 is 0 Å². The summed E-state index contributed by atoms with van der Waals surface area (Å²) >= 11 is 0. The summed E-state index contributed by atoms with van der Waals surface area (Å²) < 4.78 is 47.0. The number of ether oxygens (including phenoxy) is 1. The second-order valence-corrected chi connectivity index (χ2v) is 8.54. The number of aryl methyl sites for hydroxylation is 1. The van der Waals surface area contributed by atoms with Crippen LogP contribution in [-0.4, -0.2) is 60.3 Å². The number of alkyl halides is 2. The molecule has 0 bridgehead atoms. The fourth-order valence-electron chi connectivity index (χ4n) is 4.27. The third-order valence-corrected chi connectivity index (χ3v) is 6.11. The highest BCUT2D eigenvalue weighted by Gasteiger charge is 2.47. The summed E-state index contributed by atoms with van der Waals surface area (Å²) in [4.78, 5) is 24.7. The van der Waals surface area contributed by atoms with Gasteiger partial charge in [-0.25, -0.2) is 24.1 Å². The smallest absolute Gasteiger partial charge is 0.407 e. The molecular weight excluding hydrogens is 479 g/mol. The number of carboxylic acid groups (broad SMARTS) is 1. The van der Waals surface area contributed by atoms with E-state index in [1.165, 1.54) is 30.7 Å². The average molecular weight is 499 g/mol. The van der Waals surface area contributed by atoms with Crippen molar-refractivity contribution in [3.05, 3.63) is 77.5 Å². The number of imidazole rings is 1. The van der Waals surface area contributed by atoms with E-state index in [0.29, 0.717) is 28.2 Å². The highest BCUT2D eigenvalue weighted by atomic mass is 19.3. The minimum Gasteiger partial charge on any atom is -0.465 e. The number of halogens is 3. The molecule has 4 heterocycles. The Morgan fingerprint density at radius 2 is 1.92 bits per heavy atom. The molecule has 9 nitrogen and oxygen atoms in total. The summed E-state index contributed by atoms with van der Waals surface area (Å²) in [6.45, 7) is -1.54. The Hall–Kier alpha value is -4.19. The van der Waals surface area contributed by atoms with E-state index in [4.69, 9.17) is 5.11 Å². The third kappa shape index (κ3) is 4.19. The molecule has 12 heteroatoms. The van der Waals surface area contributed by atoms with Crippen molar-refractivity contribution in [2.45, 2.75) is 25.6 Å². The average Bonchev–Trinajstić information content (AvgIpc) is 3.11. The first-order valence-corrected chi connectivity index (χ1v) is 10.9. The van der Waals surface area contributed by atoms with E-state index in [1.54, 1.807) is 29.5 Å². The van der Waals surface area contributed by atoms with Crippen molar-refractivity contribution in [3.8, 4) is 16.9 Å². The van der Waals surface area contributed by atoms with Crippen molar-refractivity contribution in [2.24, 2.45) is 0 Å². The van der Waals surface area contributed by atoms with Gasteiger partial charge in [-0.3, -0.25) is 0 Å². The maximum absolute atomic E-state index is 15.0. The molecule has 0 unspecified atom stereocenters. The fraction of sp³-hybridized carbons (Fsp3) is 0.250. The van der Waals surface area contributed by atoms with Gasteiger partial charge in [0.25, 0.3) is 0 Å². The summed E-state index contributed by atoms with van der Waals surface area (Å²) in [6, 6.07) is 7.69. The molecule has 3 aromatic heterocycles. The summed E-state index contributed by atoms with van der Waals surface area (Å²) in [7, 11) is 0. The van der Waals surface area contributed by atoms with Crippen molar-refractivity contribution in [3.63, 3.8) is 0 Å². The number of fused-ring (bicyclic) bond motifs is 1. The van der Waals surface area contributed by atoms with Gasteiger partial charge in [-0.1, -0.05) is 18.2 Å². The van der Waals surface area contributed by atoms with Crippen LogP contribution in [0.5, 0.6) is 5.75 Å². The number of hydrogen-bond acceptors (Lipinski definition) is 6. The Morgan fingerprint density at radius 1 is 1.22 bits per heavy atom. The lowest BCUT2D eigenvalue weighted by Crippen LogP contribution is -2.61. The lowest BCUT2D eigenvalue weighted by atomic mass is 9.93. The first kappa shape index (κ1) is 23.5. The van der Waals surface area contributed by atoms with Gasteiger partial charge in [0.05, 0.1) is 18.8 Å². The molecular formula is C24H20F3N5O4. The summed E-state index contributed by atoms with van der Waals surface area (Å²) in [6.07, 6.45) is 3.29. The van der Waals surface area contributed by atoms with Gasteiger partial charge in [0.2, 0.25) is 0 Å². The number of likely N-dealkylation sites (tertiary alicyclic amines) is 1. The Bertz CT molecular complexity index is 1450. The standard InChI is InChI=1S/C24H20F3N5O4/c1-13-18(6-14-4-2-3-5-19(14)36-22(26)27)32-10-16(17(25)7-20(32)30-13)15-8-28-21(29-9-15)24(35)11-31(12-24)23(33)34/h2-5,7-10,22,35H,6,11-12H2,1H3,(H,33,34). The molecule has 1 aliphatic rings. The van der Waals surface area contributed by atoms with Gasteiger partial charge >= 0.3 is 12.7 Å². The molecule has 0 spiro atoms. The number of amides is 1. The summed E-state index contributed by atoms with van der Waals surface area (Å²) in [5.74, 6) is -0.486. The van der Waals surface area contributed by atoms with E-state index >= 15 is 0 Å². The molecule has 0 aliphatic carbocycles. The fourth-order valence-corrected chi connectivity index (χ4v) is 4.27. The molecule has 4 aromatic rings. The van der Waals surface area contributed by atoms with Gasteiger partial charge in [-0.2, -0.15) is 8.78 Å². The zero-order valence-corrected chi connectivity index (χ0v) is 18.9. The van der Waals surface area contributed by atoms with Crippen LogP contribution in [0.3, 0.4) is 0 Å². The molecule has 1 fully saturated rings. The van der Waals surface area contributed by atoms with Crippen LogP contribution in [0.2, 0.25) is 0 Å². The number of para-hydroxylation sites is 1. The largest absolute Gasteiger partial charge is 0.465 e. The normalized spacial score (nSPS) is 14.8. The molecule has 1 aromatic carbocycles. The third-order valence-electron chi connectivity index (χ3n) is 6.11. The quantitative estimate of drug-likeness (QED) is 0.417. The van der Waals surface area contributed by atoms with Crippen LogP contribution in [0.1, 0.15) is 22.8 Å². The number of hydrogen-bond donors (Lipinski definition) is 2. The molecule has 1 saturated heterocycles. The minimum absolute atomic E-state index is 0.0417. The van der Waals surface area contributed by atoms with E-state index in [0.717, 1.165) is 4.90 Å². The number of β-amino-alcohol motifs (C(OH)–C–C–N with tert-alkyl or cyclic N) is 1. The first-order chi connectivity index (χ1) is 17.1. The number of aromatic nitrogens is 4. The van der Waals surface area contributed by atoms with E-state index in [9.17, 15) is 23.1 Å². The van der Waals surface area contributed by atoms with Gasteiger partial charge < -0.3 is 24.3 Å². The second-order valence-electron chi connectivity index (χ2n) is 8.54. The highest BCUT2D eigenvalue weighted by molar-refractivity contribution is 5.67. The van der Waals surface area contributed by atoms with Crippen LogP contribution in [-0.2, 0) is 12.0 Å². The highest BCUT2D eigenvalue weighted by Crippen LogP contribution is 2.31. The van der Waals surface area contributed by atoms with Crippen LogP contribution in [0.4, 0.5) is 18.0 Å². The Morgan fingerprint density at radius 3 is 2.58 bits per heavy atom. The van der Waals surface area contributed by atoms with Crippen molar-refractivity contribution >= 4 is 11.7 Å². The number of aliphatic hydroxyl groups is 1. The second kappa shape index (κ2) is 8.79. The molecule has 1 amide bonds. The van der Waals surface area contributed by atoms with Gasteiger partial charge in [-0.15, -0.1) is 0 Å². The number of rotatable bonds is 6. The monoisotopic (exact) mass is 499 g/mol. The minimum atomic E-state index is -2.97. The van der Waals surface area contributed by atoms with E-state index in [-0.39, 0.29) is 36.6 Å². The van der Waals surface area contributed by atoms with E-state index in [2.05, 4.69) is 19.7 Å². The van der Waals surface area contributed by atoms with Crippen LogP contribution < -0.4 is 4.74 Å². The van der Waals surface area contributed by atoms with Crippen molar-refractivity contribution in [1.82, 2.24) is 24.3 Å². The zero-order valence-electron chi connectivity index (χ0n) is 18.9. The lowest BCUT2D eigenvalue weighted by Gasteiger charge is -2.43. The zero-order chi connectivity index (χ0) is 25.6. The van der Waals surface area contributed by atoms with Gasteiger partial charge in [0, 0.05) is 53.5 Å². The van der Waals surface area contributed by atoms with Gasteiger partial charge in [-0.05, 0) is 13.0 Å². The molecule has 2 N–H and O–H groups in total. The molecule has 5 rings (SSSR count). The predicted molar refractivity (Wildman–Crippen MR) is 120 cm³/mol. The Labute approximate surface area is 202 Å². The van der Waals surface area contributed by atoms with Crippen LogP contribution in [0.15, 0.2) is 48.9 Å².